The van der Waals surface area contributed by atoms with Crippen molar-refractivity contribution in [2.45, 2.75) is 25.9 Å². The molecular weight excluding hydrogens is 285 g/mol. The number of hydrogen-bond acceptors (Lipinski definition) is 4. The van der Waals surface area contributed by atoms with Gasteiger partial charge in [0.25, 0.3) is 0 Å². The number of carbonyl (C=O) groups is 1. The van der Waals surface area contributed by atoms with Crippen LogP contribution in [0.3, 0.4) is 0 Å². The minimum atomic E-state index is -0.812. The fourth-order valence-corrected chi connectivity index (χ4v) is 1.67. The van der Waals surface area contributed by atoms with Crippen molar-refractivity contribution in [1.82, 2.24) is 10.3 Å². The molecule has 1 heterocycles. The van der Waals surface area contributed by atoms with E-state index in [9.17, 15) is 9.18 Å². The lowest BCUT2D eigenvalue weighted by molar-refractivity contribution is -0.123. The van der Waals surface area contributed by atoms with Gasteiger partial charge in [-0.2, -0.15) is 0 Å². The van der Waals surface area contributed by atoms with E-state index in [0.29, 0.717) is 18.0 Å². The van der Waals surface area contributed by atoms with Crippen molar-refractivity contribution in [3.63, 3.8) is 0 Å². The summed E-state index contributed by atoms with van der Waals surface area (Å²) in [5.41, 5.74) is 5.34. The molecule has 0 aliphatic carbocycles. The third-order valence-electron chi connectivity index (χ3n) is 3.17. The molecule has 0 bridgehead atoms. The molecule has 6 heteroatoms. The zero-order chi connectivity index (χ0) is 16.2. The number of rotatable bonds is 6. The second-order valence-electron chi connectivity index (χ2n) is 5.43. The summed E-state index contributed by atoms with van der Waals surface area (Å²) in [5, 5.41) is 3.05. The number of halogens is 1. The van der Waals surface area contributed by atoms with Gasteiger partial charge in [-0.15, -0.1) is 0 Å². The Morgan fingerprint density at radius 2 is 1.95 bits per heavy atom. The Labute approximate surface area is 128 Å². The van der Waals surface area contributed by atoms with Crippen LogP contribution in [0.2, 0.25) is 0 Å². The zero-order valence-corrected chi connectivity index (χ0v) is 12.5. The quantitative estimate of drug-likeness (QED) is 0.859. The summed E-state index contributed by atoms with van der Waals surface area (Å²) >= 11 is 0. The van der Waals surface area contributed by atoms with Crippen molar-refractivity contribution < 1.29 is 13.9 Å². The SMILES string of the molecule is CC(C)(NCc1cncc(Oc2ccc(F)cc2)c1)C(N)=O. The van der Waals surface area contributed by atoms with Gasteiger partial charge in [0.15, 0.2) is 0 Å². The summed E-state index contributed by atoms with van der Waals surface area (Å²) in [4.78, 5) is 15.4. The van der Waals surface area contributed by atoms with Crippen LogP contribution in [0.1, 0.15) is 19.4 Å². The van der Waals surface area contributed by atoms with Crippen LogP contribution in [0.15, 0.2) is 42.7 Å². The summed E-state index contributed by atoms with van der Waals surface area (Å²) in [6, 6.07) is 7.51. The molecule has 0 fully saturated rings. The molecule has 0 saturated carbocycles. The number of hydrogen-bond donors (Lipinski definition) is 2. The number of amides is 1. The molecule has 3 N–H and O–H groups in total. The minimum absolute atomic E-state index is 0.322. The topological polar surface area (TPSA) is 77.2 Å². The molecular formula is C16H18FN3O2. The van der Waals surface area contributed by atoms with Crippen LogP contribution in [0, 0.1) is 5.82 Å². The van der Waals surface area contributed by atoms with E-state index in [-0.39, 0.29) is 5.82 Å². The molecule has 2 aromatic rings. The second-order valence-corrected chi connectivity index (χ2v) is 5.43. The molecule has 0 spiro atoms. The maximum Gasteiger partial charge on any atom is 0.237 e. The van der Waals surface area contributed by atoms with Crippen molar-refractivity contribution in [3.05, 3.63) is 54.1 Å². The predicted octanol–water partition coefficient (Wildman–Crippen LogP) is 2.37. The van der Waals surface area contributed by atoms with E-state index in [4.69, 9.17) is 10.5 Å². The number of ether oxygens (including phenoxy) is 1. The Kier molecular flexibility index (Phi) is 4.72. The normalized spacial score (nSPS) is 11.2. The Morgan fingerprint density at radius 3 is 2.59 bits per heavy atom. The highest BCUT2D eigenvalue weighted by Gasteiger charge is 2.23. The number of nitrogens with zero attached hydrogens (tertiary/aromatic N) is 1. The molecule has 1 amide bonds. The fraction of sp³-hybridized carbons (Fsp3) is 0.250. The Hall–Kier alpha value is -2.47. The van der Waals surface area contributed by atoms with Gasteiger partial charge in [-0.3, -0.25) is 15.1 Å². The van der Waals surface area contributed by atoms with Crippen molar-refractivity contribution in [1.29, 1.82) is 0 Å². The van der Waals surface area contributed by atoms with Crippen molar-refractivity contribution in [2.75, 3.05) is 0 Å². The summed E-state index contributed by atoms with van der Waals surface area (Å²) < 4.78 is 18.5. The van der Waals surface area contributed by atoms with Crippen LogP contribution in [0.25, 0.3) is 0 Å². The first-order valence-corrected chi connectivity index (χ1v) is 6.79. The van der Waals surface area contributed by atoms with Crippen LogP contribution in [0.5, 0.6) is 11.5 Å². The number of aromatic nitrogens is 1. The third-order valence-corrected chi connectivity index (χ3v) is 3.17. The molecule has 5 nitrogen and oxygen atoms in total. The van der Waals surface area contributed by atoms with Gasteiger partial charge >= 0.3 is 0 Å². The van der Waals surface area contributed by atoms with E-state index in [0.717, 1.165) is 5.56 Å². The highest BCUT2D eigenvalue weighted by Crippen LogP contribution is 2.21. The van der Waals surface area contributed by atoms with Crippen LogP contribution in [-0.2, 0) is 11.3 Å². The molecule has 1 aromatic carbocycles. The van der Waals surface area contributed by atoms with Crippen LogP contribution >= 0.6 is 0 Å². The first-order valence-electron chi connectivity index (χ1n) is 6.79. The molecule has 0 aliphatic rings. The first-order chi connectivity index (χ1) is 10.4. The number of nitrogens with one attached hydrogen (secondary N) is 1. The van der Waals surface area contributed by atoms with Crippen molar-refractivity contribution >= 4 is 5.91 Å². The molecule has 0 aliphatic heterocycles. The van der Waals surface area contributed by atoms with Gasteiger partial charge in [0, 0.05) is 12.7 Å². The molecule has 0 radical (unpaired) electrons. The van der Waals surface area contributed by atoms with Gasteiger partial charge in [-0.25, -0.2) is 4.39 Å². The number of carbonyl (C=O) groups excluding carboxylic acids is 1. The Balaban J connectivity index is 2.04. The van der Waals surface area contributed by atoms with E-state index in [1.165, 1.54) is 24.3 Å². The molecule has 1 aromatic heterocycles. The van der Waals surface area contributed by atoms with Gasteiger partial charge in [0.05, 0.1) is 11.7 Å². The highest BCUT2D eigenvalue weighted by atomic mass is 19.1. The van der Waals surface area contributed by atoms with Crippen molar-refractivity contribution in [3.8, 4) is 11.5 Å². The Morgan fingerprint density at radius 1 is 1.27 bits per heavy atom. The van der Waals surface area contributed by atoms with Crippen LogP contribution < -0.4 is 15.8 Å². The Bertz CT molecular complexity index is 657. The van der Waals surface area contributed by atoms with Crippen LogP contribution in [-0.4, -0.2) is 16.4 Å². The maximum atomic E-state index is 12.9. The highest BCUT2D eigenvalue weighted by molar-refractivity contribution is 5.83. The molecule has 0 unspecified atom stereocenters. The number of benzene rings is 1. The molecule has 0 saturated heterocycles. The van der Waals surface area contributed by atoms with E-state index in [2.05, 4.69) is 10.3 Å². The van der Waals surface area contributed by atoms with Crippen LogP contribution in [0.4, 0.5) is 4.39 Å². The fourth-order valence-electron chi connectivity index (χ4n) is 1.67. The van der Waals surface area contributed by atoms with Gasteiger partial charge in [0.2, 0.25) is 5.91 Å². The largest absolute Gasteiger partial charge is 0.456 e. The summed E-state index contributed by atoms with van der Waals surface area (Å²) in [7, 11) is 0. The molecule has 116 valence electrons. The predicted molar refractivity (Wildman–Crippen MR) is 80.8 cm³/mol. The number of primary amides is 1. The number of pyridine rings is 1. The standard InChI is InChI=1S/C16H18FN3O2/c1-16(2,15(18)21)20-9-11-7-14(10-19-8-11)22-13-5-3-12(17)4-6-13/h3-8,10,20H,9H2,1-2H3,(H2,18,21). The van der Waals surface area contributed by atoms with E-state index in [1.54, 1.807) is 32.3 Å². The van der Waals surface area contributed by atoms with Gasteiger partial charge in [-0.1, -0.05) is 0 Å². The number of nitrogens with two attached hydrogens (primary N) is 1. The average molecular weight is 303 g/mol. The van der Waals surface area contributed by atoms with E-state index >= 15 is 0 Å². The minimum Gasteiger partial charge on any atom is -0.456 e. The second kappa shape index (κ2) is 6.53. The van der Waals surface area contributed by atoms with Gasteiger partial charge in [0.1, 0.15) is 17.3 Å². The summed E-state index contributed by atoms with van der Waals surface area (Å²) in [5.74, 6) is 0.296. The summed E-state index contributed by atoms with van der Waals surface area (Å²) in [6.07, 6.45) is 3.23. The lowest BCUT2D eigenvalue weighted by Gasteiger charge is -2.22. The smallest absolute Gasteiger partial charge is 0.237 e. The molecule has 2 rings (SSSR count). The maximum absolute atomic E-state index is 12.9. The lowest BCUT2D eigenvalue weighted by Crippen LogP contribution is -2.50. The third kappa shape index (κ3) is 4.26. The first kappa shape index (κ1) is 15.9. The monoisotopic (exact) mass is 303 g/mol. The van der Waals surface area contributed by atoms with Gasteiger partial charge in [-0.05, 0) is 49.7 Å². The summed E-state index contributed by atoms with van der Waals surface area (Å²) in [6.45, 7) is 3.84. The molecule has 0 atom stereocenters. The van der Waals surface area contributed by atoms with E-state index in [1.807, 2.05) is 0 Å². The van der Waals surface area contributed by atoms with Crippen molar-refractivity contribution in [2.24, 2.45) is 5.73 Å². The zero-order valence-electron chi connectivity index (χ0n) is 12.5. The van der Waals surface area contributed by atoms with Gasteiger partial charge < -0.3 is 10.5 Å². The average Bonchev–Trinajstić information content (AvgIpc) is 2.48. The van der Waals surface area contributed by atoms with E-state index < -0.39 is 11.4 Å². The molecule has 22 heavy (non-hydrogen) atoms. The lowest BCUT2D eigenvalue weighted by atomic mass is 10.0.